The maximum absolute atomic E-state index is 12.0. The molecule has 2 rings (SSSR count). The molecular formula is C15H20N2O4. The van der Waals surface area contributed by atoms with E-state index in [0.29, 0.717) is 19.5 Å². The maximum Gasteiger partial charge on any atom is 0.317 e. The van der Waals surface area contributed by atoms with E-state index in [0.717, 1.165) is 16.9 Å². The van der Waals surface area contributed by atoms with Gasteiger partial charge in [0.05, 0.1) is 13.0 Å². The number of rotatable bonds is 4. The number of carboxylic acids is 1. The van der Waals surface area contributed by atoms with Crippen LogP contribution in [0.2, 0.25) is 0 Å². The van der Waals surface area contributed by atoms with Crippen LogP contribution < -0.4 is 10.1 Å². The molecular weight excluding hydrogens is 272 g/mol. The molecule has 1 fully saturated rings. The lowest BCUT2D eigenvalue weighted by atomic mass is 10.1. The summed E-state index contributed by atoms with van der Waals surface area (Å²) in [6.45, 7) is 3.11. The van der Waals surface area contributed by atoms with Gasteiger partial charge in [-0.2, -0.15) is 0 Å². The van der Waals surface area contributed by atoms with Crippen molar-refractivity contribution in [3.63, 3.8) is 0 Å². The van der Waals surface area contributed by atoms with Gasteiger partial charge in [0.1, 0.15) is 5.75 Å². The zero-order valence-corrected chi connectivity index (χ0v) is 12.3. The van der Waals surface area contributed by atoms with Gasteiger partial charge in [0.2, 0.25) is 0 Å². The summed E-state index contributed by atoms with van der Waals surface area (Å²) < 4.78 is 5.24. The van der Waals surface area contributed by atoms with E-state index < -0.39 is 11.9 Å². The molecule has 0 aliphatic carbocycles. The Morgan fingerprint density at radius 3 is 2.86 bits per heavy atom. The van der Waals surface area contributed by atoms with E-state index >= 15 is 0 Å². The minimum atomic E-state index is -0.839. The Balaban J connectivity index is 1.88. The van der Waals surface area contributed by atoms with E-state index in [1.165, 1.54) is 0 Å². The first-order valence-corrected chi connectivity index (χ1v) is 6.90. The predicted octanol–water partition coefficient (Wildman–Crippen LogP) is 1.62. The summed E-state index contributed by atoms with van der Waals surface area (Å²) in [6.07, 6.45) is 0.515. The van der Waals surface area contributed by atoms with Gasteiger partial charge in [-0.05, 0) is 30.5 Å². The van der Waals surface area contributed by atoms with Crippen LogP contribution in [0.1, 0.15) is 17.5 Å². The Hall–Kier alpha value is -2.24. The van der Waals surface area contributed by atoms with Gasteiger partial charge in [-0.3, -0.25) is 4.79 Å². The number of ether oxygens (including phenoxy) is 1. The molecule has 0 radical (unpaired) electrons. The third-order valence-electron chi connectivity index (χ3n) is 3.74. The summed E-state index contributed by atoms with van der Waals surface area (Å²) in [5.74, 6) is -0.502. The smallest absolute Gasteiger partial charge is 0.317 e. The number of urea groups is 1. The lowest BCUT2D eigenvalue weighted by Gasteiger charge is -2.17. The molecule has 114 valence electrons. The van der Waals surface area contributed by atoms with E-state index in [4.69, 9.17) is 9.84 Å². The van der Waals surface area contributed by atoms with E-state index in [1.807, 2.05) is 25.1 Å². The largest absolute Gasteiger partial charge is 0.496 e. The van der Waals surface area contributed by atoms with Crippen LogP contribution in [0, 0.1) is 12.8 Å². The van der Waals surface area contributed by atoms with Gasteiger partial charge in [-0.15, -0.1) is 0 Å². The Morgan fingerprint density at radius 1 is 1.48 bits per heavy atom. The molecule has 1 saturated heterocycles. The van der Waals surface area contributed by atoms with Gasteiger partial charge < -0.3 is 20.1 Å². The normalized spacial score (nSPS) is 17.6. The number of nitrogens with one attached hydrogen (secondary N) is 1. The van der Waals surface area contributed by atoms with Gasteiger partial charge >= 0.3 is 12.0 Å². The molecule has 2 amide bonds. The van der Waals surface area contributed by atoms with E-state index in [1.54, 1.807) is 12.0 Å². The number of hydrogen-bond donors (Lipinski definition) is 2. The summed E-state index contributed by atoms with van der Waals surface area (Å²) in [6, 6.07) is 5.54. The molecule has 1 unspecified atom stereocenters. The monoisotopic (exact) mass is 292 g/mol. The van der Waals surface area contributed by atoms with Crippen molar-refractivity contribution in [2.24, 2.45) is 5.92 Å². The Labute approximate surface area is 123 Å². The van der Waals surface area contributed by atoms with Crippen LogP contribution in [-0.4, -0.2) is 42.2 Å². The average Bonchev–Trinajstić information content (AvgIpc) is 2.96. The van der Waals surface area contributed by atoms with Gasteiger partial charge in [-0.25, -0.2) is 4.79 Å². The molecule has 1 aliphatic rings. The highest BCUT2D eigenvalue weighted by Crippen LogP contribution is 2.19. The number of likely N-dealkylation sites (tertiary alicyclic amines) is 1. The molecule has 1 heterocycles. The Morgan fingerprint density at radius 2 is 2.24 bits per heavy atom. The highest BCUT2D eigenvalue weighted by molar-refractivity contribution is 5.77. The zero-order valence-electron chi connectivity index (χ0n) is 12.3. The quantitative estimate of drug-likeness (QED) is 0.884. The number of carbonyl (C=O) groups is 2. The van der Waals surface area contributed by atoms with E-state index in [-0.39, 0.29) is 12.6 Å². The average molecular weight is 292 g/mol. The van der Waals surface area contributed by atoms with Crippen LogP contribution in [0.5, 0.6) is 5.75 Å². The molecule has 1 aromatic rings. The number of nitrogens with zero attached hydrogens (tertiary/aromatic N) is 1. The molecule has 1 atom stereocenters. The van der Waals surface area contributed by atoms with Crippen molar-refractivity contribution in [1.82, 2.24) is 10.2 Å². The number of carbonyl (C=O) groups excluding carboxylic acids is 1. The van der Waals surface area contributed by atoms with E-state index in [2.05, 4.69) is 5.32 Å². The second-order valence-electron chi connectivity index (χ2n) is 5.23. The van der Waals surface area contributed by atoms with Crippen LogP contribution in [0.15, 0.2) is 18.2 Å². The van der Waals surface area contributed by atoms with Crippen molar-refractivity contribution < 1.29 is 19.4 Å². The lowest BCUT2D eigenvalue weighted by Crippen LogP contribution is -2.38. The first-order valence-electron chi connectivity index (χ1n) is 6.90. The fourth-order valence-corrected chi connectivity index (χ4v) is 2.41. The highest BCUT2D eigenvalue weighted by atomic mass is 16.5. The molecule has 0 aromatic heterocycles. The van der Waals surface area contributed by atoms with Crippen molar-refractivity contribution in [1.29, 1.82) is 0 Å². The molecule has 6 heteroatoms. The molecule has 1 aromatic carbocycles. The number of benzene rings is 1. The zero-order chi connectivity index (χ0) is 15.4. The number of amides is 2. The summed E-state index contributed by atoms with van der Waals surface area (Å²) >= 11 is 0. The number of methoxy groups -OCH3 is 1. The van der Waals surface area contributed by atoms with Gasteiger partial charge in [0.25, 0.3) is 0 Å². The second-order valence-corrected chi connectivity index (χ2v) is 5.23. The first kappa shape index (κ1) is 15.2. The van der Waals surface area contributed by atoms with Crippen LogP contribution in [-0.2, 0) is 11.3 Å². The molecule has 0 saturated carbocycles. The number of carboxylic acid groups (broad SMARTS) is 1. The van der Waals surface area contributed by atoms with E-state index in [9.17, 15) is 9.59 Å². The molecule has 1 aliphatic heterocycles. The fourth-order valence-electron chi connectivity index (χ4n) is 2.41. The maximum atomic E-state index is 12.0. The number of aryl methyl sites for hydroxylation is 1. The predicted molar refractivity (Wildman–Crippen MR) is 77.3 cm³/mol. The van der Waals surface area contributed by atoms with Crippen molar-refractivity contribution in [3.05, 3.63) is 29.3 Å². The van der Waals surface area contributed by atoms with Crippen LogP contribution >= 0.6 is 0 Å². The first-order chi connectivity index (χ1) is 10.0. The number of aliphatic carboxylic acids is 1. The highest BCUT2D eigenvalue weighted by Gasteiger charge is 2.30. The standard InChI is InChI=1S/C15H20N2O4/c1-10-3-4-11(7-13(10)21-2)8-16-15(20)17-6-5-12(9-17)14(18)19/h3-4,7,12H,5-6,8-9H2,1-2H3,(H,16,20)(H,18,19). The van der Waals surface area contributed by atoms with Crippen molar-refractivity contribution in [2.75, 3.05) is 20.2 Å². The minimum absolute atomic E-state index is 0.224. The molecule has 2 N–H and O–H groups in total. The summed E-state index contributed by atoms with van der Waals surface area (Å²) in [4.78, 5) is 24.4. The molecule has 0 bridgehead atoms. The van der Waals surface area contributed by atoms with Crippen LogP contribution in [0.3, 0.4) is 0 Å². The summed E-state index contributed by atoms with van der Waals surface area (Å²) in [7, 11) is 1.61. The van der Waals surface area contributed by atoms with Crippen molar-refractivity contribution in [2.45, 2.75) is 19.9 Å². The van der Waals surface area contributed by atoms with Gasteiger partial charge in [0, 0.05) is 19.6 Å². The Kier molecular flexibility index (Phi) is 4.67. The van der Waals surface area contributed by atoms with Gasteiger partial charge in [0.15, 0.2) is 0 Å². The van der Waals surface area contributed by atoms with Gasteiger partial charge in [-0.1, -0.05) is 12.1 Å². The molecule has 0 spiro atoms. The van der Waals surface area contributed by atoms with Crippen molar-refractivity contribution >= 4 is 12.0 Å². The number of hydrogen-bond acceptors (Lipinski definition) is 3. The molecule has 6 nitrogen and oxygen atoms in total. The third kappa shape index (κ3) is 3.65. The topological polar surface area (TPSA) is 78.9 Å². The van der Waals surface area contributed by atoms with Crippen LogP contribution in [0.25, 0.3) is 0 Å². The minimum Gasteiger partial charge on any atom is -0.496 e. The lowest BCUT2D eigenvalue weighted by molar-refractivity contribution is -0.141. The SMILES string of the molecule is COc1cc(CNC(=O)N2CCC(C(=O)O)C2)ccc1C. The third-order valence-corrected chi connectivity index (χ3v) is 3.74. The molecule has 21 heavy (non-hydrogen) atoms. The fraction of sp³-hybridized carbons (Fsp3) is 0.467. The van der Waals surface area contributed by atoms with Crippen molar-refractivity contribution in [3.8, 4) is 5.75 Å². The second kappa shape index (κ2) is 6.47. The summed E-state index contributed by atoms with van der Waals surface area (Å²) in [5, 5.41) is 11.7. The summed E-state index contributed by atoms with van der Waals surface area (Å²) in [5.41, 5.74) is 1.98. The Bertz CT molecular complexity index is 544. The van der Waals surface area contributed by atoms with Crippen LogP contribution in [0.4, 0.5) is 4.79 Å².